The predicted octanol–water partition coefficient (Wildman–Crippen LogP) is 0.815. The Balaban J connectivity index is 1.90. The van der Waals surface area contributed by atoms with Gasteiger partial charge in [0.1, 0.15) is 5.75 Å². The fourth-order valence-electron chi connectivity index (χ4n) is 1.82. The van der Waals surface area contributed by atoms with Crippen LogP contribution in [-0.4, -0.2) is 43.7 Å². The van der Waals surface area contributed by atoms with Gasteiger partial charge in [-0.3, -0.25) is 4.79 Å². The van der Waals surface area contributed by atoms with Crippen LogP contribution < -0.4 is 10.5 Å². The number of nitrogens with zero attached hydrogens (tertiary/aromatic N) is 1. The van der Waals surface area contributed by atoms with Crippen molar-refractivity contribution in [1.29, 1.82) is 0 Å². The van der Waals surface area contributed by atoms with Gasteiger partial charge in [-0.15, -0.1) is 0 Å². The van der Waals surface area contributed by atoms with Crippen LogP contribution in [0.1, 0.15) is 5.56 Å². The average molecular weight is 250 g/mol. The van der Waals surface area contributed by atoms with E-state index in [0.717, 1.165) is 5.56 Å². The normalized spacial score (nSPS) is 15.5. The minimum absolute atomic E-state index is 0.0215. The van der Waals surface area contributed by atoms with Gasteiger partial charge < -0.3 is 20.1 Å². The fraction of sp³-hybridized carbons (Fsp3) is 0.462. The Morgan fingerprint density at radius 2 is 2.17 bits per heavy atom. The van der Waals surface area contributed by atoms with Gasteiger partial charge >= 0.3 is 0 Å². The molecule has 2 N–H and O–H groups in total. The SMILES string of the molecule is Cc1cccc(OCC(=O)N2CCOCC2)c1N. The Morgan fingerprint density at radius 3 is 2.89 bits per heavy atom. The summed E-state index contributed by atoms with van der Waals surface area (Å²) in [6.45, 7) is 4.38. The maximum Gasteiger partial charge on any atom is 0.260 e. The molecule has 1 fully saturated rings. The first-order valence-corrected chi connectivity index (χ1v) is 6.02. The van der Waals surface area contributed by atoms with Gasteiger partial charge in [0, 0.05) is 13.1 Å². The molecule has 5 heteroatoms. The van der Waals surface area contributed by atoms with Crippen molar-refractivity contribution in [2.24, 2.45) is 0 Å². The van der Waals surface area contributed by atoms with Gasteiger partial charge in [-0.1, -0.05) is 12.1 Å². The van der Waals surface area contributed by atoms with Crippen LogP contribution in [0.3, 0.4) is 0 Å². The third kappa shape index (κ3) is 2.92. The number of carbonyl (C=O) groups is 1. The molecule has 0 spiro atoms. The van der Waals surface area contributed by atoms with Crippen LogP contribution in [-0.2, 0) is 9.53 Å². The summed E-state index contributed by atoms with van der Waals surface area (Å²) < 4.78 is 10.7. The molecule has 0 aromatic heterocycles. The first-order chi connectivity index (χ1) is 8.68. The number of aryl methyl sites for hydroxylation is 1. The van der Waals surface area contributed by atoms with Crippen molar-refractivity contribution in [1.82, 2.24) is 4.90 Å². The van der Waals surface area contributed by atoms with Crippen molar-refractivity contribution in [3.8, 4) is 5.75 Å². The van der Waals surface area contributed by atoms with Gasteiger partial charge in [0.05, 0.1) is 18.9 Å². The van der Waals surface area contributed by atoms with E-state index in [4.69, 9.17) is 15.2 Å². The third-order valence-corrected chi connectivity index (χ3v) is 3.00. The minimum atomic E-state index is -0.0285. The monoisotopic (exact) mass is 250 g/mol. The Kier molecular flexibility index (Phi) is 4.04. The molecule has 0 radical (unpaired) electrons. The summed E-state index contributed by atoms with van der Waals surface area (Å²) in [6, 6.07) is 5.54. The first-order valence-electron chi connectivity index (χ1n) is 6.02. The van der Waals surface area contributed by atoms with E-state index >= 15 is 0 Å². The highest BCUT2D eigenvalue weighted by Gasteiger charge is 2.17. The van der Waals surface area contributed by atoms with Gasteiger partial charge in [0.15, 0.2) is 6.61 Å². The van der Waals surface area contributed by atoms with Crippen molar-refractivity contribution in [2.45, 2.75) is 6.92 Å². The number of benzene rings is 1. The number of morpholine rings is 1. The quantitative estimate of drug-likeness (QED) is 0.806. The lowest BCUT2D eigenvalue weighted by atomic mass is 10.2. The molecule has 0 bridgehead atoms. The topological polar surface area (TPSA) is 64.8 Å². The molecule has 1 amide bonds. The smallest absolute Gasteiger partial charge is 0.260 e. The highest BCUT2D eigenvalue weighted by atomic mass is 16.5. The Bertz CT molecular complexity index is 428. The lowest BCUT2D eigenvalue weighted by molar-refractivity contribution is -0.137. The lowest BCUT2D eigenvalue weighted by Crippen LogP contribution is -2.43. The van der Waals surface area contributed by atoms with E-state index in [2.05, 4.69) is 0 Å². The van der Waals surface area contributed by atoms with Crippen molar-refractivity contribution >= 4 is 11.6 Å². The Labute approximate surface area is 106 Å². The number of nitrogens with two attached hydrogens (primary N) is 1. The standard InChI is InChI=1S/C13H18N2O3/c1-10-3-2-4-11(13(10)14)18-9-12(16)15-5-7-17-8-6-15/h2-4H,5-9,14H2,1H3. The number of amides is 1. The number of rotatable bonds is 3. The molecule has 5 nitrogen and oxygen atoms in total. The van der Waals surface area contributed by atoms with Gasteiger partial charge in [-0.2, -0.15) is 0 Å². The van der Waals surface area contributed by atoms with E-state index in [-0.39, 0.29) is 12.5 Å². The van der Waals surface area contributed by atoms with Crippen LogP contribution in [0.4, 0.5) is 5.69 Å². The molecular formula is C13H18N2O3. The Morgan fingerprint density at radius 1 is 1.44 bits per heavy atom. The third-order valence-electron chi connectivity index (χ3n) is 3.00. The largest absolute Gasteiger partial charge is 0.482 e. The molecule has 0 atom stereocenters. The number of para-hydroxylation sites is 1. The molecule has 0 unspecified atom stereocenters. The second-order valence-corrected chi connectivity index (χ2v) is 4.27. The van der Waals surface area contributed by atoms with E-state index < -0.39 is 0 Å². The molecular weight excluding hydrogens is 232 g/mol. The summed E-state index contributed by atoms with van der Waals surface area (Å²) in [5.41, 5.74) is 7.42. The Hall–Kier alpha value is -1.75. The number of nitrogen functional groups attached to an aromatic ring is 1. The van der Waals surface area contributed by atoms with E-state index in [1.807, 2.05) is 19.1 Å². The molecule has 2 rings (SSSR count). The van der Waals surface area contributed by atoms with Gasteiger partial charge in [-0.05, 0) is 18.6 Å². The fourth-order valence-corrected chi connectivity index (χ4v) is 1.82. The maximum absolute atomic E-state index is 11.9. The van der Waals surface area contributed by atoms with Crippen LogP contribution in [0.15, 0.2) is 18.2 Å². The molecule has 0 saturated carbocycles. The zero-order valence-electron chi connectivity index (χ0n) is 10.5. The first kappa shape index (κ1) is 12.7. The number of anilines is 1. The predicted molar refractivity (Wildman–Crippen MR) is 68.5 cm³/mol. The molecule has 1 heterocycles. The number of carbonyl (C=O) groups excluding carboxylic acids is 1. The molecule has 1 aromatic rings. The van der Waals surface area contributed by atoms with Crippen LogP contribution in [0.25, 0.3) is 0 Å². The summed E-state index contributed by atoms with van der Waals surface area (Å²) in [5.74, 6) is 0.538. The van der Waals surface area contributed by atoms with Gasteiger partial charge in [0.2, 0.25) is 0 Å². The van der Waals surface area contributed by atoms with Gasteiger partial charge in [0.25, 0.3) is 5.91 Å². The molecule has 0 aliphatic carbocycles. The summed E-state index contributed by atoms with van der Waals surface area (Å²) in [5, 5.41) is 0. The molecule has 1 aromatic carbocycles. The van der Waals surface area contributed by atoms with Crippen molar-refractivity contribution in [3.05, 3.63) is 23.8 Å². The van der Waals surface area contributed by atoms with Crippen molar-refractivity contribution in [2.75, 3.05) is 38.6 Å². The summed E-state index contributed by atoms with van der Waals surface area (Å²) >= 11 is 0. The molecule has 1 aliphatic rings. The van der Waals surface area contributed by atoms with E-state index in [1.165, 1.54) is 0 Å². The van der Waals surface area contributed by atoms with Crippen molar-refractivity contribution in [3.63, 3.8) is 0 Å². The highest BCUT2D eigenvalue weighted by Crippen LogP contribution is 2.24. The van der Waals surface area contributed by atoms with Crippen molar-refractivity contribution < 1.29 is 14.3 Å². The zero-order valence-corrected chi connectivity index (χ0v) is 10.5. The van der Waals surface area contributed by atoms with Crippen LogP contribution in [0, 0.1) is 6.92 Å². The molecule has 18 heavy (non-hydrogen) atoms. The van der Waals surface area contributed by atoms with Crippen LogP contribution in [0.5, 0.6) is 5.75 Å². The molecule has 98 valence electrons. The summed E-state index contributed by atoms with van der Waals surface area (Å²) in [4.78, 5) is 13.6. The number of ether oxygens (including phenoxy) is 2. The van der Waals surface area contributed by atoms with Crippen LogP contribution >= 0.6 is 0 Å². The average Bonchev–Trinajstić information content (AvgIpc) is 2.41. The molecule has 1 saturated heterocycles. The van der Waals surface area contributed by atoms with Gasteiger partial charge in [-0.25, -0.2) is 0 Å². The van der Waals surface area contributed by atoms with Crippen LogP contribution in [0.2, 0.25) is 0 Å². The van der Waals surface area contributed by atoms with E-state index in [9.17, 15) is 4.79 Å². The van der Waals surface area contributed by atoms with E-state index in [1.54, 1.807) is 11.0 Å². The number of hydrogen-bond acceptors (Lipinski definition) is 4. The van der Waals surface area contributed by atoms with E-state index in [0.29, 0.717) is 37.7 Å². The zero-order chi connectivity index (χ0) is 13.0. The minimum Gasteiger partial charge on any atom is -0.482 e. The highest BCUT2D eigenvalue weighted by molar-refractivity contribution is 5.78. The maximum atomic E-state index is 11.9. The second kappa shape index (κ2) is 5.73. The summed E-state index contributed by atoms with van der Waals surface area (Å²) in [7, 11) is 0. The second-order valence-electron chi connectivity index (χ2n) is 4.27. The number of hydrogen-bond donors (Lipinski definition) is 1. The summed E-state index contributed by atoms with van der Waals surface area (Å²) in [6.07, 6.45) is 0. The molecule has 1 aliphatic heterocycles. The lowest BCUT2D eigenvalue weighted by Gasteiger charge is -2.26.